The van der Waals surface area contributed by atoms with Crippen molar-refractivity contribution in [2.24, 2.45) is 0 Å². The van der Waals surface area contributed by atoms with E-state index in [4.69, 9.17) is 27.8 Å². The molecular weight excluding hydrogens is 870 g/mol. The van der Waals surface area contributed by atoms with Crippen molar-refractivity contribution in [1.29, 1.82) is 0 Å². The standard InChI is InChI=1S/C38H64Br2FN2O11P/c1-31-29-43(38(47)42-37(31)46)34-28-32(41)33(54-34)30-53-55(48,51-26-24-49-35(44)20-16-12-8-4-2-6-10-14-18-22-39)52-27-25-50-36(45)21-17-13-9-5-3-7-11-15-19-23-40/h29,32-34H,2-28,30H2,1H3,(H,42,46,47)/t32-,33+,34+/m0/s1. The SMILES string of the molecule is Cc1cn([C@H]2C[C@H](F)[C@@H](COP(=O)(OCCOC(=O)CCCCCCCCCCCBr)OCCOC(=O)CCCCCCCCCCCBr)O2)c(=O)[nH]c1=O. The molecule has 0 radical (unpaired) electrons. The number of phosphoric acid groups is 1. The summed E-state index contributed by atoms with van der Waals surface area (Å²) in [5.74, 6) is -0.803. The van der Waals surface area contributed by atoms with Gasteiger partial charge in [-0.05, 0) is 32.6 Å². The molecule has 0 unspecified atom stereocenters. The minimum Gasteiger partial charge on any atom is -0.463 e. The van der Waals surface area contributed by atoms with Crippen molar-refractivity contribution in [3.63, 3.8) is 0 Å². The molecule has 1 saturated heterocycles. The highest BCUT2D eigenvalue weighted by atomic mass is 79.9. The number of alkyl halides is 3. The molecule has 55 heavy (non-hydrogen) atoms. The summed E-state index contributed by atoms with van der Waals surface area (Å²) in [5, 5.41) is 2.11. The second-order valence-electron chi connectivity index (χ2n) is 14.0. The van der Waals surface area contributed by atoms with Crippen molar-refractivity contribution in [3.8, 4) is 0 Å². The number of rotatable bonds is 34. The summed E-state index contributed by atoms with van der Waals surface area (Å²) in [6.45, 7) is -0.122. The van der Waals surface area contributed by atoms with Crippen LogP contribution in [0.5, 0.6) is 0 Å². The lowest BCUT2D eigenvalue weighted by Gasteiger charge is -2.21. The van der Waals surface area contributed by atoms with Gasteiger partial charge >= 0.3 is 25.5 Å². The van der Waals surface area contributed by atoms with Gasteiger partial charge in [0.25, 0.3) is 5.56 Å². The predicted molar refractivity (Wildman–Crippen MR) is 217 cm³/mol. The van der Waals surface area contributed by atoms with Gasteiger partial charge in [-0.15, -0.1) is 0 Å². The fourth-order valence-corrected chi connectivity index (χ4v) is 7.98. The summed E-state index contributed by atoms with van der Waals surface area (Å²) in [6.07, 6.45) is 17.7. The first-order valence-corrected chi connectivity index (χ1v) is 23.9. The van der Waals surface area contributed by atoms with Gasteiger partial charge in [0.1, 0.15) is 31.7 Å². The van der Waals surface area contributed by atoms with Crippen molar-refractivity contribution in [1.82, 2.24) is 9.55 Å². The van der Waals surface area contributed by atoms with Crippen LogP contribution in [-0.2, 0) is 41.9 Å². The third kappa shape index (κ3) is 22.9. The smallest absolute Gasteiger partial charge is 0.463 e. The molecule has 318 valence electrons. The number of carbonyl (C=O) groups excluding carboxylic acids is 2. The number of aromatic amines is 1. The predicted octanol–water partition coefficient (Wildman–Crippen LogP) is 9.31. The molecule has 1 N–H and O–H groups in total. The number of H-pyrrole nitrogens is 1. The van der Waals surface area contributed by atoms with E-state index in [0.29, 0.717) is 12.8 Å². The molecule has 0 aliphatic carbocycles. The topological polar surface area (TPSA) is 161 Å². The van der Waals surface area contributed by atoms with E-state index in [1.54, 1.807) is 0 Å². The zero-order chi connectivity index (χ0) is 40.2. The molecule has 0 bridgehead atoms. The average molecular weight is 935 g/mol. The van der Waals surface area contributed by atoms with Crippen LogP contribution in [-0.4, -0.2) is 77.5 Å². The third-order valence-electron chi connectivity index (χ3n) is 9.24. The van der Waals surface area contributed by atoms with E-state index in [1.807, 2.05) is 0 Å². The van der Waals surface area contributed by atoms with Gasteiger partial charge in [0, 0.05) is 41.7 Å². The quantitative estimate of drug-likeness (QED) is 0.0304. The number of nitrogens with zero attached hydrogens (tertiary/aromatic N) is 1. The Morgan fingerprint density at radius 2 is 1.18 bits per heavy atom. The normalized spacial score (nSPS) is 17.1. The molecule has 0 aromatic carbocycles. The fourth-order valence-electron chi connectivity index (χ4n) is 6.04. The second kappa shape index (κ2) is 30.6. The Morgan fingerprint density at radius 1 is 0.745 bits per heavy atom. The van der Waals surface area contributed by atoms with E-state index in [9.17, 15) is 23.7 Å². The fraction of sp³-hybridized carbons (Fsp3) is 0.842. The van der Waals surface area contributed by atoms with Crippen molar-refractivity contribution in [3.05, 3.63) is 32.6 Å². The van der Waals surface area contributed by atoms with Gasteiger partial charge in [-0.1, -0.05) is 122 Å². The van der Waals surface area contributed by atoms with Crippen LogP contribution in [0.3, 0.4) is 0 Å². The molecule has 1 fully saturated rings. The monoisotopic (exact) mass is 932 g/mol. The number of aryl methyl sites for hydroxylation is 1. The Balaban J connectivity index is 1.77. The number of carbonyl (C=O) groups is 2. The van der Waals surface area contributed by atoms with Crippen LogP contribution in [0, 0.1) is 6.92 Å². The van der Waals surface area contributed by atoms with E-state index in [1.165, 1.54) is 77.3 Å². The number of hydrogen-bond acceptors (Lipinski definition) is 11. The Labute approximate surface area is 342 Å². The van der Waals surface area contributed by atoms with Crippen LogP contribution in [0.15, 0.2) is 15.8 Å². The number of halogens is 3. The lowest BCUT2D eigenvalue weighted by atomic mass is 10.1. The summed E-state index contributed by atoms with van der Waals surface area (Å²) in [5.41, 5.74) is -1.07. The zero-order valence-corrected chi connectivity index (χ0v) is 36.7. The average Bonchev–Trinajstić information content (AvgIpc) is 3.53. The van der Waals surface area contributed by atoms with E-state index < -0.39 is 56.1 Å². The molecule has 17 heteroatoms. The second-order valence-corrected chi connectivity index (χ2v) is 17.2. The Morgan fingerprint density at radius 3 is 1.64 bits per heavy atom. The van der Waals surface area contributed by atoms with Gasteiger partial charge in [-0.2, -0.15) is 0 Å². The molecule has 1 aromatic heterocycles. The van der Waals surface area contributed by atoms with Crippen LogP contribution >= 0.6 is 39.7 Å². The number of ether oxygens (including phenoxy) is 3. The lowest BCUT2D eigenvalue weighted by molar-refractivity contribution is -0.145. The largest absolute Gasteiger partial charge is 0.475 e. The summed E-state index contributed by atoms with van der Waals surface area (Å²) < 4.78 is 62.1. The van der Waals surface area contributed by atoms with Crippen LogP contribution < -0.4 is 11.2 Å². The van der Waals surface area contributed by atoms with Gasteiger partial charge < -0.3 is 14.2 Å². The van der Waals surface area contributed by atoms with Crippen LogP contribution in [0.4, 0.5) is 4.39 Å². The Bertz CT molecular complexity index is 1320. The maximum atomic E-state index is 15.0. The molecule has 0 saturated carbocycles. The molecule has 1 aliphatic rings. The van der Waals surface area contributed by atoms with Gasteiger partial charge in [0.2, 0.25) is 0 Å². The lowest BCUT2D eigenvalue weighted by Crippen LogP contribution is -2.33. The van der Waals surface area contributed by atoms with E-state index in [0.717, 1.165) is 53.8 Å². The summed E-state index contributed by atoms with van der Waals surface area (Å²) in [6, 6.07) is 0. The zero-order valence-electron chi connectivity index (χ0n) is 32.6. The summed E-state index contributed by atoms with van der Waals surface area (Å²) in [7, 11) is -4.38. The number of esters is 2. The van der Waals surface area contributed by atoms with Crippen molar-refractivity contribution in [2.75, 3.05) is 43.7 Å². The highest BCUT2D eigenvalue weighted by Crippen LogP contribution is 2.50. The van der Waals surface area contributed by atoms with Crippen molar-refractivity contribution < 1.29 is 46.3 Å². The van der Waals surface area contributed by atoms with Gasteiger partial charge in [-0.25, -0.2) is 13.8 Å². The van der Waals surface area contributed by atoms with Crippen LogP contribution in [0.2, 0.25) is 0 Å². The summed E-state index contributed by atoms with van der Waals surface area (Å²) >= 11 is 6.90. The van der Waals surface area contributed by atoms with Gasteiger partial charge in [-0.3, -0.25) is 37.5 Å². The van der Waals surface area contributed by atoms with E-state index in [2.05, 4.69) is 36.8 Å². The minimum atomic E-state index is -4.38. The summed E-state index contributed by atoms with van der Waals surface area (Å²) in [4.78, 5) is 50.7. The number of aromatic nitrogens is 2. The maximum absolute atomic E-state index is 15.0. The van der Waals surface area contributed by atoms with Crippen LogP contribution in [0.25, 0.3) is 0 Å². The highest BCUT2D eigenvalue weighted by Gasteiger charge is 2.39. The molecular formula is C38H64Br2FN2O11P. The first-order chi connectivity index (χ1) is 26.6. The molecule has 2 rings (SSSR count). The minimum absolute atomic E-state index is 0.210. The number of phosphoric ester groups is 1. The molecule has 0 amide bonds. The number of hydrogen-bond donors (Lipinski definition) is 1. The van der Waals surface area contributed by atoms with Crippen LogP contribution in [0.1, 0.15) is 147 Å². The molecule has 13 nitrogen and oxygen atoms in total. The highest BCUT2D eigenvalue weighted by molar-refractivity contribution is 9.09. The molecule has 1 aromatic rings. The third-order valence-corrected chi connectivity index (χ3v) is 11.8. The van der Waals surface area contributed by atoms with Gasteiger partial charge in [0.05, 0.1) is 19.8 Å². The maximum Gasteiger partial charge on any atom is 0.475 e. The van der Waals surface area contributed by atoms with E-state index >= 15 is 4.39 Å². The van der Waals surface area contributed by atoms with Crippen molar-refractivity contribution in [2.45, 2.75) is 160 Å². The molecule has 0 spiro atoms. The molecule has 3 atom stereocenters. The molecule has 1 aliphatic heterocycles. The van der Waals surface area contributed by atoms with Gasteiger partial charge in [0.15, 0.2) is 0 Å². The van der Waals surface area contributed by atoms with Crippen molar-refractivity contribution >= 4 is 51.6 Å². The number of unbranched alkanes of at least 4 members (excludes halogenated alkanes) is 16. The molecule has 2 heterocycles. The van der Waals surface area contributed by atoms with E-state index in [-0.39, 0.29) is 51.3 Å². The first-order valence-electron chi connectivity index (χ1n) is 20.2. The Hall–Kier alpha value is -1.42. The Kier molecular flexibility index (Phi) is 27.7. The number of nitrogens with one attached hydrogen (secondary N) is 1. The first kappa shape index (κ1) is 49.7.